The van der Waals surface area contributed by atoms with Crippen LogP contribution in [0, 0.1) is 0 Å². The average Bonchev–Trinajstić information content (AvgIpc) is 2.95. The second-order valence-corrected chi connectivity index (χ2v) is 6.24. The zero-order valence-electron chi connectivity index (χ0n) is 11.6. The van der Waals surface area contributed by atoms with Gasteiger partial charge in [-0.1, -0.05) is 13.8 Å². The molecule has 2 aromatic heterocycles. The van der Waals surface area contributed by atoms with Crippen LogP contribution in [0.1, 0.15) is 25.2 Å². The molecule has 108 valence electrons. The fraction of sp³-hybridized carbons (Fsp3) is 0.385. The molecule has 0 bridgehead atoms. The minimum absolute atomic E-state index is 0.144. The van der Waals surface area contributed by atoms with Gasteiger partial charge in [0.15, 0.2) is 5.03 Å². The highest BCUT2D eigenvalue weighted by Gasteiger charge is 2.25. The van der Waals surface area contributed by atoms with E-state index in [2.05, 4.69) is 15.0 Å². The van der Waals surface area contributed by atoms with Crippen LogP contribution in [0.2, 0.25) is 0 Å². The number of H-pyrrole nitrogens is 1. The number of imidazole rings is 1. The Morgan fingerprint density at radius 2 is 1.95 bits per heavy atom. The van der Waals surface area contributed by atoms with Crippen molar-refractivity contribution in [3.8, 4) is 0 Å². The molecule has 1 N–H and O–H groups in total. The molecule has 0 aromatic carbocycles. The van der Waals surface area contributed by atoms with Crippen molar-refractivity contribution < 1.29 is 8.42 Å². The number of aromatic amines is 1. The molecule has 0 aliphatic carbocycles. The fourth-order valence-corrected chi connectivity index (χ4v) is 3.22. The Morgan fingerprint density at radius 1 is 1.25 bits per heavy atom. The lowest BCUT2D eigenvalue weighted by atomic mass is 10.3. The number of nitrogens with zero attached hydrogens (tertiary/aromatic N) is 3. The van der Waals surface area contributed by atoms with Crippen LogP contribution in [0.15, 0.2) is 35.7 Å². The summed E-state index contributed by atoms with van der Waals surface area (Å²) in [5.41, 5.74) is 0.903. The van der Waals surface area contributed by atoms with Crippen LogP contribution in [0.25, 0.3) is 0 Å². The van der Waals surface area contributed by atoms with Gasteiger partial charge in [-0.15, -0.1) is 0 Å². The van der Waals surface area contributed by atoms with Crippen LogP contribution in [-0.4, -0.2) is 34.2 Å². The summed E-state index contributed by atoms with van der Waals surface area (Å²) >= 11 is 0. The first-order chi connectivity index (χ1) is 9.57. The third kappa shape index (κ3) is 3.05. The molecule has 6 nitrogen and oxygen atoms in total. The lowest BCUT2D eigenvalue weighted by Gasteiger charge is -2.19. The summed E-state index contributed by atoms with van der Waals surface area (Å²) in [7, 11) is -3.54. The summed E-state index contributed by atoms with van der Waals surface area (Å²) < 4.78 is 26.5. The zero-order chi connectivity index (χ0) is 14.6. The Bertz CT molecular complexity index is 652. The molecule has 7 heteroatoms. The van der Waals surface area contributed by atoms with Gasteiger partial charge in [0.25, 0.3) is 10.0 Å². The van der Waals surface area contributed by atoms with Gasteiger partial charge in [-0.2, -0.15) is 4.31 Å². The Morgan fingerprint density at radius 3 is 2.50 bits per heavy atom. The predicted octanol–water partition coefficient (Wildman–Crippen LogP) is 1.58. The first-order valence-electron chi connectivity index (χ1n) is 6.50. The third-order valence-electron chi connectivity index (χ3n) is 3.02. The Hall–Kier alpha value is -1.73. The molecular weight excluding hydrogens is 276 g/mol. The lowest BCUT2D eigenvalue weighted by molar-refractivity contribution is 0.421. The smallest absolute Gasteiger partial charge is 0.260 e. The van der Waals surface area contributed by atoms with Gasteiger partial charge in [-0.05, 0) is 17.7 Å². The van der Waals surface area contributed by atoms with E-state index in [1.165, 1.54) is 10.5 Å². The molecular formula is C13H18N4O2S. The summed E-state index contributed by atoms with van der Waals surface area (Å²) in [5, 5.41) is 0.144. The number of pyridine rings is 1. The van der Waals surface area contributed by atoms with Gasteiger partial charge >= 0.3 is 0 Å². The molecule has 20 heavy (non-hydrogen) atoms. The molecule has 0 fully saturated rings. The van der Waals surface area contributed by atoms with Gasteiger partial charge in [0.2, 0.25) is 0 Å². The van der Waals surface area contributed by atoms with Crippen molar-refractivity contribution in [2.45, 2.75) is 31.8 Å². The fourth-order valence-electron chi connectivity index (χ4n) is 1.85. The molecule has 2 aromatic rings. The predicted molar refractivity (Wildman–Crippen MR) is 75.5 cm³/mol. The number of hydrogen-bond acceptors (Lipinski definition) is 4. The second kappa shape index (κ2) is 6.15. The molecule has 0 aliphatic rings. The molecule has 0 radical (unpaired) electrons. The molecule has 0 atom stereocenters. The number of hydrogen-bond donors (Lipinski definition) is 1. The van der Waals surface area contributed by atoms with Crippen LogP contribution in [0.5, 0.6) is 0 Å². The molecule has 0 aliphatic heterocycles. The third-order valence-corrected chi connectivity index (χ3v) is 4.85. The van der Waals surface area contributed by atoms with Gasteiger partial charge in [-0.3, -0.25) is 4.98 Å². The summed E-state index contributed by atoms with van der Waals surface area (Å²) in [6, 6.07) is 3.62. The van der Waals surface area contributed by atoms with Gasteiger partial charge < -0.3 is 4.98 Å². The standard InChI is InChI=1S/C13H18N4O2S/c1-3-12-15-9-13(16-12)20(18,19)17(4-2)10-11-5-7-14-8-6-11/h5-9H,3-4,10H2,1-2H3,(H,15,16). The molecule has 2 heterocycles. The minimum Gasteiger partial charge on any atom is -0.332 e. The van der Waals surface area contributed by atoms with Crippen molar-refractivity contribution in [1.82, 2.24) is 19.3 Å². The van der Waals surface area contributed by atoms with Gasteiger partial charge in [0.05, 0.1) is 6.20 Å². The SMILES string of the molecule is CCc1ncc(S(=O)(=O)N(CC)Cc2ccncc2)[nH]1. The number of sulfonamides is 1. The van der Waals surface area contributed by atoms with Crippen LogP contribution in [-0.2, 0) is 23.0 Å². The monoisotopic (exact) mass is 294 g/mol. The molecule has 0 unspecified atom stereocenters. The summed E-state index contributed by atoms with van der Waals surface area (Å²) in [6.45, 7) is 4.45. The molecule has 0 saturated heterocycles. The van der Waals surface area contributed by atoms with E-state index >= 15 is 0 Å². The maximum Gasteiger partial charge on any atom is 0.260 e. The van der Waals surface area contributed by atoms with Crippen molar-refractivity contribution in [2.24, 2.45) is 0 Å². The zero-order valence-corrected chi connectivity index (χ0v) is 12.4. The normalized spacial score (nSPS) is 11.9. The summed E-state index contributed by atoms with van der Waals surface area (Å²) in [4.78, 5) is 10.8. The van der Waals surface area contributed by atoms with Gasteiger partial charge in [0, 0.05) is 31.9 Å². The average molecular weight is 294 g/mol. The molecule has 0 amide bonds. The topological polar surface area (TPSA) is 79.0 Å². The van der Waals surface area contributed by atoms with Crippen molar-refractivity contribution >= 4 is 10.0 Å². The maximum absolute atomic E-state index is 12.5. The molecule has 2 rings (SSSR count). The highest BCUT2D eigenvalue weighted by atomic mass is 32.2. The lowest BCUT2D eigenvalue weighted by Crippen LogP contribution is -2.30. The van der Waals surface area contributed by atoms with E-state index in [0.717, 1.165) is 5.56 Å². The van der Waals surface area contributed by atoms with E-state index in [0.29, 0.717) is 25.3 Å². The maximum atomic E-state index is 12.5. The van der Waals surface area contributed by atoms with Crippen LogP contribution in [0.3, 0.4) is 0 Å². The number of aromatic nitrogens is 3. The van der Waals surface area contributed by atoms with Gasteiger partial charge in [0.1, 0.15) is 5.82 Å². The number of rotatable bonds is 6. The first kappa shape index (κ1) is 14.7. The summed E-state index contributed by atoms with van der Waals surface area (Å²) in [6.07, 6.45) is 5.36. The van der Waals surface area contributed by atoms with Crippen LogP contribution in [0.4, 0.5) is 0 Å². The van der Waals surface area contributed by atoms with E-state index in [4.69, 9.17) is 0 Å². The highest BCUT2D eigenvalue weighted by molar-refractivity contribution is 7.89. The molecule has 0 spiro atoms. The molecule has 0 saturated carbocycles. The number of aryl methyl sites for hydroxylation is 1. The van der Waals surface area contributed by atoms with Crippen LogP contribution >= 0.6 is 0 Å². The van der Waals surface area contributed by atoms with E-state index in [1.54, 1.807) is 12.4 Å². The Kier molecular flexibility index (Phi) is 4.51. The summed E-state index contributed by atoms with van der Waals surface area (Å²) in [5.74, 6) is 0.670. The second-order valence-electron chi connectivity index (χ2n) is 4.33. The van der Waals surface area contributed by atoms with E-state index in [9.17, 15) is 8.42 Å². The largest absolute Gasteiger partial charge is 0.332 e. The van der Waals surface area contributed by atoms with Crippen molar-refractivity contribution in [1.29, 1.82) is 0 Å². The number of nitrogens with one attached hydrogen (secondary N) is 1. The van der Waals surface area contributed by atoms with Gasteiger partial charge in [-0.25, -0.2) is 13.4 Å². The van der Waals surface area contributed by atoms with E-state index in [1.807, 2.05) is 26.0 Å². The minimum atomic E-state index is -3.54. The first-order valence-corrected chi connectivity index (χ1v) is 7.94. The Labute approximate surface area is 118 Å². The van der Waals surface area contributed by atoms with E-state index < -0.39 is 10.0 Å². The van der Waals surface area contributed by atoms with Crippen molar-refractivity contribution in [3.63, 3.8) is 0 Å². The Balaban J connectivity index is 2.25. The quantitative estimate of drug-likeness (QED) is 0.877. The van der Waals surface area contributed by atoms with Crippen LogP contribution < -0.4 is 0 Å². The van der Waals surface area contributed by atoms with Crippen molar-refractivity contribution in [2.75, 3.05) is 6.54 Å². The highest BCUT2D eigenvalue weighted by Crippen LogP contribution is 2.16. The van der Waals surface area contributed by atoms with E-state index in [-0.39, 0.29) is 5.03 Å². The van der Waals surface area contributed by atoms with Crippen molar-refractivity contribution in [3.05, 3.63) is 42.1 Å².